The zero-order chi connectivity index (χ0) is 11.7. The molecule has 0 saturated carbocycles. The Hall–Kier alpha value is -2.49. The van der Waals surface area contributed by atoms with Gasteiger partial charge in [0.05, 0.1) is 5.56 Å². The van der Waals surface area contributed by atoms with Gasteiger partial charge in [-0.2, -0.15) is 0 Å². The molecule has 0 aliphatic rings. The van der Waals surface area contributed by atoms with Crippen LogP contribution in [0, 0.1) is 0 Å². The summed E-state index contributed by atoms with van der Waals surface area (Å²) in [5, 5.41) is 0.822. The van der Waals surface area contributed by atoms with Gasteiger partial charge in [0.15, 0.2) is 0 Å². The van der Waals surface area contributed by atoms with Gasteiger partial charge in [0, 0.05) is 24.0 Å². The van der Waals surface area contributed by atoms with Crippen molar-refractivity contribution in [2.24, 2.45) is 0 Å². The number of aromatic amines is 1. The van der Waals surface area contributed by atoms with Crippen LogP contribution in [0.1, 0.15) is 16.1 Å². The molecule has 0 aliphatic carbocycles. The summed E-state index contributed by atoms with van der Waals surface area (Å²) in [6.45, 7) is 0. The lowest BCUT2D eigenvalue weighted by atomic mass is 10.1. The molecule has 82 valence electrons. The van der Waals surface area contributed by atoms with E-state index in [4.69, 9.17) is 0 Å². The van der Waals surface area contributed by atoms with Crippen LogP contribution >= 0.6 is 0 Å². The van der Waals surface area contributed by atoms with Crippen molar-refractivity contribution in [1.82, 2.24) is 15.0 Å². The van der Waals surface area contributed by atoms with Crippen LogP contribution in [-0.2, 0) is 0 Å². The molecule has 3 heterocycles. The van der Waals surface area contributed by atoms with E-state index in [0.717, 1.165) is 5.39 Å². The third-order valence-corrected chi connectivity index (χ3v) is 2.59. The summed E-state index contributed by atoms with van der Waals surface area (Å²) in [5.74, 6) is -0.0927. The molecule has 0 aliphatic heterocycles. The Morgan fingerprint density at radius 1 is 1.06 bits per heavy atom. The molecule has 0 aromatic carbocycles. The quantitative estimate of drug-likeness (QED) is 0.677. The van der Waals surface area contributed by atoms with Crippen LogP contribution in [0.15, 0.2) is 48.9 Å². The molecule has 4 heteroatoms. The van der Waals surface area contributed by atoms with E-state index in [-0.39, 0.29) is 5.78 Å². The molecule has 0 fully saturated rings. The van der Waals surface area contributed by atoms with Gasteiger partial charge < -0.3 is 4.98 Å². The summed E-state index contributed by atoms with van der Waals surface area (Å²) in [6.07, 6.45) is 4.98. The molecule has 1 N–H and O–H groups in total. The minimum absolute atomic E-state index is 0.0927. The fraction of sp³-hybridized carbons (Fsp3) is 0. The van der Waals surface area contributed by atoms with E-state index < -0.39 is 0 Å². The van der Waals surface area contributed by atoms with Crippen LogP contribution < -0.4 is 0 Å². The van der Waals surface area contributed by atoms with Crippen molar-refractivity contribution < 1.29 is 4.79 Å². The number of H-pyrrole nitrogens is 1. The number of fused-ring (bicyclic) bond motifs is 1. The lowest BCUT2D eigenvalue weighted by Gasteiger charge is -1.97. The zero-order valence-corrected chi connectivity index (χ0v) is 8.92. The van der Waals surface area contributed by atoms with Gasteiger partial charge in [0.1, 0.15) is 11.3 Å². The number of nitrogens with zero attached hydrogens (tertiary/aromatic N) is 2. The number of carbonyl (C=O) groups excluding carboxylic acids is 1. The Bertz CT molecular complexity index is 673. The third-order valence-electron chi connectivity index (χ3n) is 2.59. The fourth-order valence-corrected chi connectivity index (χ4v) is 1.78. The summed E-state index contributed by atoms with van der Waals surface area (Å²) in [6, 6.07) is 8.97. The second-order valence-electron chi connectivity index (χ2n) is 3.65. The number of pyridine rings is 2. The fourth-order valence-electron chi connectivity index (χ4n) is 1.78. The number of hydrogen-bond donors (Lipinski definition) is 1. The first-order chi connectivity index (χ1) is 8.36. The number of carbonyl (C=O) groups is 1. The standard InChI is InChI=1S/C13H9N3O/c17-12(11-5-1-2-6-14-11)10-8-16-13-9(10)4-3-7-15-13/h1-8H,(H,15,16). The van der Waals surface area contributed by atoms with Gasteiger partial charge in [-0.3, -0.25) is 9.78 Å². The molecule has 3 rings (SSSR count). The summed E-state index contributed by atoms with van der Waals surface area (Å²) in [5.41, 5.74) is 1.76. The van der Waals surface area contributed by atoms with E-state index in [9.17, 15) is 4.79 Å². The van der Waals surface area contributed by atoms with Crippen molar-refractivity contribution in [3.8, 4) is 0 Å². The summed E-state index contributed by atoms with van der Waals surface area (Å²) >= 11 is 0. The van der Waals surface area contributed by atoms with Crippen LogP contribution in [0.2, 0.25) is 0 Å². The van der Waals surface area contributed by atoms with Crippen molar-refractivity contribution >= 4 is 16.8 Å². The Morgan fingerprint density at radius 3 is 2.76 bits per heavy atom. The monoisotopic (exact) mass is 223 g/mol. The van der Waals surface area contributed by atoms with Crippen molar-refractivity contribution in [2.75, 3.05) is 0 Å². The lowest BCUT2D eigenvalue weighted by Crippen LogP contribution is -2.02. The normalized spacial score (nSPS) is 10.6. The number of aromatic nitrogens is 3. The van der Waals surface area contributed by atoms with E-state index in [1.165, 1.54) is 0 Å². The largest absolute Gasteiger partial charge is 0.345 e. The smallest absolute Gasteiger partial charge is 0.213 e. The Balaban J connectivity index is 2.14. The highest BCUT2D eigenvalue weighted by atomic mass is 16.1. The molecule has 0 bridgehead atoms. The maximum atomic E-state index is 12.2. The molecule has 0 radical (unpaired) electrons. The van der Waals surface area contributed by atoms with Gasteiger partial charge in [0.25, 0.3) is 0 Å². The van der Waals surface area contributed by atoms with Gasteiger partial charge in [-0.15, -0.1) is 0 Å². The Morgan fingerprint density at radius 2 is 1.94 bits per heavy atom. The predicted octanol–water partition coefficient (Wildman–Crippen LogP) is 2.19. The minimum atomic E-state index is -0.0927. The van der Waals surface area contributed by atoms with Gasteiger partial charge in [0.2, 0.25) is 5.78 Å². The topological polar surface area (TPSA) is 58.6 Å². The predicted molar refractivity (Wildman–Crippen MR) is 63.8 cm³/mol. The van der Waals surface area contributed by atoms with E-state index in [1.807, 2.05) is 12.1 Å². The highest BCUT2D eigenvalue weighted by molar-refractivity contribution is 6.14. The second kappa shape index (κ2) is 3.83. The first kappa shape index (κ1) is 9.72. The summed E-state index contributed by atoms with van der Waals surface area (Å²) in [4.78, 5) is 23.4. The van der Waals surface area contributed by atoms with E-state index >= 15 is 0 Å². The highest BCUT2D eigenvalue weighted by Gasteiger charge is 2.14. The van der Waals surface area contributed by atoms with Gasteiger partial charge in [-0.1, -0.05) is 6.07 Å². The number of hydrogen-bond acceptors (Lipinski definition) is 3. The van der Waals surface area contributed by atoms with Crippen LogP contribution in [0.4, 0.5) is 0 Å². The summed E-state index contributed by atoms with van der Waals surface area (Å²) < 4.78 is 0. The number of nitrogens with one attached hydrogen (secondary N) is 1. The SMILES string of the molecule is O=C(c1ccccn1)c1c[nH]c2ncccc12. The van der Waals surface area contributed by atoms with Crippen LogP contribution in [0.3, 0.4) is 0 Å². The van der Waals surface area contributed by atoms with Crippen molar-refractivity contribution in [2.45, 2.75) is 0 Å². The average Bonchev–Trinajstić information content (AvgIpc) is 2.83. The van der Waals surface area contributed by atoms with Crippen molar-refractivity contribution in [1.29, 1.82) is 0 Å². The second-order valence-corrected chi connectivity index (χ2v) is 3.65. The van der Waals surface area contributed by atoms with Gasteiger partial charge in [-0.25, -0.2) is 4.98 Å². The van der Waals surface area contributed by atoms with Crippen molar-refractivity contribution in [3.63, 3.8) is 0 Å². The maximum Gasteiger partial charge on any atom is 0.213 e. The number of ketones is 1. The zero-order valence-electron chi connectivity index (χ0n) is 8.92. The molecule has 0 spiro atoms. The molecular formula is C13H9N3O. The van der Waals surface area contributed by atoms with Gasteiger partial charge >= 0.3 is 0 Å². The van der Waals surface area contributed by atoms with Gasteiger partial charge in [-0.05, 0) is 24.3 Å². The first-order valence-corrected chi connectivity index (χ1v) is 5.24. The molecule has 0 saturated heterocycles. The molecular weight excluding hydrogens is 214 g/mol. The molecule has 0 amide bonds. The minimum Gasteiger partial charge on any atom is -0.345 e. The number of rotatable bonds is 2. The molecule has 4 nitrogen and oxygen atoms in total. The average molecular weight is 223 g/mol. The molecule has 17 heavy (non-hydrogen) atoms. The molecule has 0 atom stereocenters. The van der Waals surface area contributed by atoms with E-state index in [0.29, 0.717) is 16.9 Å². The van der Waals surface area contributed by atoms with Crippen LogP contribution in [0.5, 0.6) is 0 Å². The van der Waals surface area contributed by atoms with E-state index in [2.05, 4.69) is 15.0 Å². The maximum absolute atomic E-state index is 12.2. The molecule has 3 aromatic rings. The first-order valence-electron chi connectivity index (χ1n) is 5.24. The van der Waals surface area contributed by atoms with E-state index in [1.54, 1.807) is 36.8 Å². The molecule has 3 aromatic heterocycles. The van der Waals surface area contributed by atoms with Crippen molar-refractivity contribution in [3.05, 3.63) is 60.2 Å². The van der Waals surface area contributed by atoms with Crippen LogP contribution in [0.25, 0.3) is 11.0 Å². The Kier molecular flexibility index (Phi) is 2.19. The van der Waals surface area contributed by atoms with Crippen LogP contribution in [-0.4, -0.2) is 20.7 Å². The highest BCUT2D eigenvalue weighted by Crippen LogP contribution is 2.18. The molecule has 0 unspecified atom stereocenters. The third kappa shape index (κ3) is 1.59. The summed E-state index contributed by atoms with van der Waals surface area (Å²) in [7, 11) is 0. The Labute approximate surface area is 97.3 Å². The lowest BCUT2D eigenvalue weighted by molar-refractivity contribution is 0.103.